The lowest BCUT2D eigenvalue weighted by Crippen LogP contribution is -2.25. The first-order valence-corrected chi connectivity index (χ1v) is 8.89. The van der Waals surface area contributed by atoms with E-state index in [-0.39, 0.29) is 0 Å². The van der Waals surface area contributed by atoms with E-state index < -0.39 is 0 Å². The molecule has 0 aliphatic rings. The molecule has 2 rings (SSSR count). The Hall–Kier alpha value is -2.21. The average Bonchev–Trinajstić information content (AvgIpc) is 2.59. The lowest BCUT2D eigenvalue weighted by atomic mass is 10.3. The van der Waals surface area contributed by atoms with Gasteiger partial charge in [-0.3, -0.25) is 0 Å². The molecule has 0 aliphatic heterocycles. The summed E-state index contributed by atoms with van der Waals surface area (Å²) in [5.74, 6) is 1.45. The largest absolute Gasteiger partial charge is 0.474 e. The third-order valence-corrected chi connectivity index (χ3v) is 3.67. The number of hydrogen-bond acceptors (Lipinski definition) is 6. The van der Waals surface area contributed by atoms with Gasteiger partial charge in [0.15, 0.2) is 0 Å². The molecule has 0 atom stereocenters. The number of nitrogen functional groups attached to an aromatic ring is 1. The minimum Gasteiger partial charge on any atom is -0.474 e. The molecule has 0 bridgehead atoms. The minimum atomic E-state index is 0.349. The van der Waals surface area contributed by atoms with Crippen LogP contribution in [0.1, 0.15) is 26.7 Å². The highest BCUT2D eigenvalue weighted by atomic mass is 35.5. The molecule has 2 aromatic rings. The molecule has 2 aromatic heterocycles. The smallest absolute Gasteiger partial charge is 0.217 e. The Balaban J connectivity index is 1.91. The van der Waals surface area contributed by atoms with Crippen LogP contribution >= 0.6 is 11.6 Å². The molecular weight excluding hydrogens is 340 g/mol. The van der Waals surface area contributed by atoms with Crippen LogP contribution < -0.4 is 20.1 Å². The molecule has 2 N–H and O–H groups in total. The van der Waals surface area contributed by atoms with Gasteiger partial charge in [0.1, 0.15) is 19.0 Å². The van der Waals surface area contributed by atoms with Crippen molar-refractivity contribution in [1.82, 2.24) is 9.97 Å². The van der Waals surface area contributed by atoms with Gasteiger partial charge in [-0.1, -0.05) is 25.4 Å². The maximum absolute atomic E-state index is 5.93. The summed E-state index contributed by atoms with van der Waals surface area (Å²) in [6.07, 6.45) is 3.68. The summed E-state index contributed by atoms with van der Waals surface area (Å²) in [6, 6.07) is 7.24. The first-order valence-electron chi connectivity index (χ1n) is 8.52. The van der Waals surface area contributed by atoms with Gasteiger partial charge in [0.05, 0.1) is 5.02 Å². The van der Waals surface area contributed by atoms with E-state index >= 15 is 0 Å². The highest BCUT2D eigenvalue weighted by Crippen LogP contribution is 2.23. The molecule has 0 radical (unpaired) electrons. The maximum Gasteiger partial charge on any atom is 0.217 e. The van der Waals surface area contributed by atoms with Crippen LogP contribution in [0.4, 0.5) is 11.5 Å². The van der Waals surface area contributed by atoms with Crippen LogP contribution in [0.2, 0.25) is 5.02 Å². The normalized spacial score (nSPS) is 10.5. The molecule has 2 heterocycles. The Bertz CT molecular complexity index is 646. The third kappa shape index (κ3) is 6.31. The molecule has 0 spiro atoms. The van der Waals surface area contributed by atoms with Crippen LogP contribution in [0.25, 0.3) is 0 Å². The van der Waals surface area contributed by atoms with Crippen LogP contribution in [-0.2, 0) is 0 Å². The van der Waals surface area contributed by atoms with E-state index in [4.69, 9.17) is 26.8 Å². The summed E-state index contributed by atoms with van der Waals surface area (Å²) in [4.78, 5) is 10.6. The number of hydrogen-bond donors (Lipinski definition) is 1. The molecule has 7 heteroatoms. The molecule has 0 unspecified atom stereocenters. The molecule has 0 amide bonds. The molecule has 0 aliphatic carbocycles. The van der Waals surface area contributed by atoms with Crippen molar-refractivity contribution in [3.05, 3.63) is 35.5 Å². The van der Waals surface area contributed by atoms with E-state index in [2.05, 4.69) is 28.7 Å². The summed E-state index contributed by atoms with van der Waals surface area (Å²) in [6.45, 7) is 6.97. The summed E-state index contributed by atoms with van der Waals surface area (Å²) < 4.78 is 11.2. The van der Waals surface area contributed by atoms with Gasteiger partial charge >= 0.3 is 0 Å². The van der Waals surface area contributed by atoms with Crippen LogP contribution in [0.5, 0.6) is 11.8 Å². The molecular formula is C18H25ClN4O2. The number of aromatic nitrogens is 2. The number of halogens is 1. The first-order chi connectivity index (χ1) is 12.1. The standard InChI is InChI=1S/C18H25ClN4O2/c1-3-7-23(8-4-2)15-11-16(20)22-18(12-15)25-10-9-24-17-6-5-14(19)13-21-17/h5-6,11-13H,3-4,7-10H2,1-2H3,(H2,20,22). The predicted molar refractivity (Wildman–Crippen MR) is 102 cm³/mol. The van der Waals surface area contributed by atoms with Crippen LogP contribution in [0, 0.1) is 0 Å². The fraction of sp³-hybridized carbons (Fsp3) is 0.444. The topological polar surface area (TPSA) is 73.5 Å². The second-order valence-electron chi connectivity index (χ2n) is 5.59. The Morgan fingerprint density at radius 1 is 1.04 bits per heavy atom. The van der Waals surface area contributed by atoms with E-state index in [1.807, 2.05) is 12.1 Å². The van der Waals surface area contributed by atoms with Crippen molar-refractivity contribution in [1.29, 1.82) is 0 Å². The zero-order valence-corrected chi connectivity index (χ0v) is 15.5. The molecule has 0 saturated heterocycles. The molecule has 136 valence electrons. The van der Waals surface area contributed by atoms with Gasteiger partial charge in [-0.2, -0.15) is 4.98 Å². The summed E-state index contributed by atoms with van der Waals surface area (Å²) in [5, 5.41) is 0.573. The van der Waals surface area contributed by atoms with Crippen LogP contribution in [-0.4, -0.2) is 36.3 Å². The van der Waals surface area contributed by atoms with E-state index in [0.717, 1.165) is 31.6 Å². The summed E-state index contributed by atoms with van der Waals surface area (Å²) in [7, 11) is 0. The second kappa shape index (κ2) is 9.93. The molecule has 25 heavy (non-hydrogen) atoms. The molecule has 0 fully saturated rings. The van der Waals surface area contributed by atoms with Crippen molar-refractivity contribution in [2.75, 3.05) is 36.9 Å². The fourth-order valence-corrected chi connectivity index (χ4v) is 2.53. The number of ether oxygens (including phenoxy) is 2. The van der Waals surface area contributed by atoms with Gasteiger partial charge in [0, 0.05) is 43.2 Å². The molecule has 6 nitrogen and oxygen atoms in total. The number of rotatable bonds is 10. The number of pyridine rings is 2. The van der Waals surface area contributed by atoms with Gasteiger partial charge < -0.3 is 20.1 Å². The van der Waals surface area contributed by atoms with E-state index in [9.17, 15) is 0 Å². The number of nitrogens with zero attached hydrogens (tertiary/aromatic N) is 3. The monoisotopic (exact) mass is 364 g/mol. The second-order valence-corrected chi connectivity index (χ2v) is 6.02. The Morgan fingerprint density at radius 2 is 1.72 bits per heavy atom. The third-order valence-electron chi connectivity index (χ3n) is 3.44. The quantitative estimate of drug-likeness (QED) is 0.646. The zero-order chi connectivity index (χ0) is 18.1. The van der Waals surface area contributed by atoms with Gasteiger partial charge in [0.25, 0.3) is 0 Å². The van der Waals surface area contributed by atoms with Crippen molar-refractivity contribution in [3.63, 3.8) is 0 Å². The lowest BCUT2D eigenvalue weighted by Gasteiger charge is -2.24. The predicted octanol–water partition coefficient (Wildman–Crippen LogP) is 3.80. The van der Waals surface area contributed by atoms with Crippen molar-refractivity contribution in [2.45, 2.75) is 26.7 Å². The Kier molecular flexibility index (Phi) is 7.60. The van der Waals surface area contributed by atoms with Gasteiger partial charge in [-0.15, -0.1) is 0 Å². The SMILES string of the molecule is CCCN(CCC)c1cc(N)nc(OCCOc2ccc(Cl)cn2)c1. The van der Waals surface area contributed by atoms with E-state index in [1.54, 1.807) is 18.3 Å². The summed E-state index contributed by atoms with van der Waals surface area (Å²) in [5.41, 5.74) is 6.96. The maximum atomic E-state index is 5.93. The average molecular weight is 365 g/mol. The molecule has 0 saturated carbocycles. The summed E-state index contributed by atoms with van der Waals surface area (Å²) >= 11 is 5.79. The van der Waals surface area contributed by atoms with E-state index in [1.165, 1.54) is 0 Å². The zero-order valence-electron chi connectivity index (χ0n) is 14.7. The Morgan fingerprint density at radius 3 is 2.32 bits per heavy atom. The number of anilines is 2. The first kappa shape index (κ1) is 19.1. The van der Waals surface area contributed by atoms with Crippen LogP contribution in [0.3, 0.4) is 0 Å². The van der Waals surface area contributed by atoms with Gasteiger partial charge in [-0.05, 0) is 18.9 Å². The van der Waals surface area contributed by atoms with Crippen molar-refractivity contribution in [3.8, 4) is 11.8 Å². The van der Waals surface area contributed by atoms with Crippen molar-refractivity contribution >= 4 is 23.1 Å². The van der Waals surface area contributed by atoms with Gasteiger partial charge in [0.2, 0.25) is 11.8 Å². The van der Waals surface area contributed by atoms with Crippen molar-refractivity contribution < 1.29 is 9.47 Å². The van der Waals surface area contributed by atoms with E-state index in [0.29, 0.717) is 35.8 Å². The Labute approximate surface area is 153 Å². The highest BCUT2D eigenvalue weighted by molar-refractivity contribution is 6.30. The van der Waals surface area contributed by atoms with Crippen LogP contribution in [0.15, 0.2) is 30.5 Å². The van der Waals surface area contributed by atoms with Gasteiger partial charge in [-0.25, -0.2) is 4.98 Å². The lowest BCUT2D eigenvalue weighted by molar-refractivity contribution is 0.207. The molecule has 0 aromatic carbocycles. The fourth-order valence-electron chi connectivity index (χ4n) is 2.42. The number of nitrogens with two attached hydrogens (primary N) is 1. The van der Waals surface area contributed by atoms with Crippen molar-refractivity contribution in [2.24, 2.45) is 0 Å². The highest BCUT2D eigenvalue weighted by Gasteiger charge is 2.09. The minimum absolute atomic E-state index is 0.349.